The van der Waals surface area contributed by atoms with Gasteiger partial charge in [-0.1, -0.05) is 65.4 Å². The number of carbonyl (C=O) groups is 1. The van der Waals surface area contributed by atoms with Crippen molar-refractivity contribution in [2.45, 2.75) is 19.9 Å². The highest BCUT2D eigenvalue weighted by atomic mass is 35.5. The third-order valence-corrected chi connectivity index (χ3v) is 6.23. The summed E-state index contributed by atoms with van der Waals surface area (Å²) in [5, 5.41) is 0.664. The van der Waals surface area contributed by atoms with E-state index in [9.17, 15) is 4.79 Å². The van der Waals surface area contributed by atoms with Gasteiger partial charge in [0.1, 0.15) is 0 Å². The van der Waals surface area contributed by atoms with Crippen molar-refractivity contribution in [3.8, 4) is 0 Å². The Morgan fingerprint density at radius 3 is 2.52 bits per heavy atom. The number of ether oxygens (including phenoxy) is 1. The van der Waals surface area contributed by atoms with Gasteiger partial charge in [-0.25, -0.2) is 0 Å². The molecular weight excluding hydrogens is 428 g/mol. The van der Waals surface area contributed by atoms with Gasteiger partial charge in [0.25, 0.3) is 5.91 Å². The SMILES string of the molecule is CCOCCn1c(=NC(=O)c2ccc(Cc3ccccc3)cc2)sc2cc(Cl)ccc21. The highest BCUT2D eigenvalue weighted by Gasteiger charge is 2.10. The summed E-state index contributed by atoms with van der Waals surface area (Å²) in [6, 6.07) is 23.7. The summed E-state index contributed by atoms with van der Waals surface area (Å²) in [4.78, 5) is 18.0. The number of halogens is 1. The average Bonchev–Trinajstić information content (AvgIpc) is 3.11. The van der Waals surface area contributed by atoms with E-state index in [2.05, 4.69) is 17.1 Å². The Kier molecular flexibility index (Phi) is 6.97. The lowest BCUT2D eigenvalue weighted by atomic mass is 10.0. The number of aromatic nitrogens is 1. The molecule has 0 spiro atoms. The van der Waals surface area contributed by atoms with Gasteiger partial charge < -0.3 is 9.30 Å². The Balaban J connectivity index is 1.61. The molecule has 0 radical (unpaired) electrons. The summed E-state index contributed by atoms with van der Waals surface area (Å²) >= 11 is 7.62. The summed E-state index contributed by atoms with van der Waals surface area (Å²) < 4.78 is 8.53. The van der Waals surface area contributed by atoms with Crippen LogP contribution in [0.4, 0.5) is 0 Å². The summed E-state index contributed by atoms with van der Waals surface area (Å²) in [5.74, 6) is -0.255. The highest BCUT2D eigenvalue weighted by Crippen LogP contribution is 2.22. The number of rotatable bonds is 7. The van der Waals surface area contributed by atoms with Crippen LogP contribution in [0.25, 0.3) is 10.2 Å². The van der Waals surface area contributed by atoms with Crippen LogP contribution < -0.4 is 4.80 Å². The molecule has 4 aromatic rings. The molecule has 1 heterocycles. The van der Waals surface area contributed by atoms with E-state index in [0.29, 0.717) is 35.1 Å². The molecule has 1 aromatic heterocycles. The van der Waals surface area contributed by atoms with Crippen molar-refractivity contribution in [1.82, 2.24) is 4.57 Å². The van der Waals surface area contributed by atoms with E-state index in [-0.39, 0.29) is 5.91 Å². The molecule has 0 N–H and O–H groups in total. The molecule has 0 bridgehead atoms. The van der Waals surface area contributed by atoms with E-state index in [1.54, 1.807) is 0 Å². The number of carbonyl (C=O) groups excluding carboxylic acids is 1. The van der Waals surface area contributed by atoms with Crippen LogP contribution in [-0.2, 0) is 17.7 Å². The zero-order valence-electron chi connectivity index (χ0n) is 17.3. The van der Waals surface area contributed by atoms with Crippen LogP contribution in [0.1, 0.15) is 28.4 Å². The number of hydrogen-bond donors (Lipinski definition) is 0. The van der Waals surface area contributed by atoms with Crippen LogP contribution in [0.5, 0.6) is 0 Å². The van der Waals surface area contributed by atoms with Gasteiger partial charge in [-0.05, 0) is 54.8 Å². The Bertz CT molecular complexity index is 1240. The first kappa shape index (κ1) is 21.5. The van der Waals surface area contributed by atoms with E-state index in [1.165, 1.54) is 16.9 Å². The lowest BCUT2D eigenvalue weighted by Crippen LogP contribution is -2.19. The van der Waals surface area contributed by atoms with Gasteiger partial charge in [0, 0.05) is 23.7 Å². The van der Waals surface area contributed by atoms with Gasteiger partial charge in [0.05, 0.1) is 16.8 Å². The standard InChI is InChI=1S/C25H23ClN2O2S/c1-2-30-15-14-28-22-13-12-21(26)17-23(22)31-25(28)27-24(29)20-10-8-19(9-11-20)16-18-6-4-3-5-7-18/h3-13,17H,2,14-16H2,1H3. The predicted octanol–water partition coefficient (Wildman–Crippen LogP) is 5.72. The summed E-state index contributed by atoms with van der Waals surface area (Å²) in [6.45, 7) is 3.79. The molecule has 0 aliphatic heterocycles. The van der Waals surface area contributed by atoms with Crippen molar-refractivity contribution < 1.29 is 9.53 Å². The Hall–Kier alpha value is -2.73. The van der Waals surface area contributed by atoms with Gasteiger partial charge in [0.15, 0.2) is 4.80 Å². The number of thiazole rings is 1. The number of hydrogen-bond acceptors (Lipinski definition) is 3. The summed E-state index contributed by atoms with van der Waals surface area (Å²) in [5.41, 5.74) is 3.97. The van der Waals surface area contributed by atoms with E-state index < -0.39 is 0 Å². The van der Waals surface area contributed by atoms with Crippen LogP contribution in [-0.4, -0.2) is 23.7 Å². The maximum atomic E-state index is 12.9. The second-order valence-corrected chi connectivity index (χ2v) is 8.57. The molecular formula is C25H23ClN2O2S. The summed E-state index contributed by atoms with van der Waals surface area (Å²) in [6.07, 6.45) is 0.834. The monoisotopic (exact) mass is 450 g/mol. The molecule has 158 valence electrons. The minimum atomic E-state index is -0.255. The minimum absolute atomic E-state index is 0.255. The second-order valence-electron chi connectivity index (χ2n) is 7.12. The average molecular weight is 451 g/mol. The first-order chi connectivity index (χ1) is 15.1. The first-order valence-electron chi connectivity index (χ1n) is 10.2. The molecule has 6 heteroatoms. The second kappa shape index (κ2) is 10.1. The van der Waals surface area contributed by atoms with Crippen molar-refractivity contribution in [3.63, 3.8) is 0 Å². The fraction of sp³-hybridized carbons (Fsp3) is 0.200. The quantitative estimate of drug-likeness (QED) is 0.338. The first-order valence-corrected chi connectivity index (χ1v) is 11.4. The van der Waals surface area contributed by atoms with Gasteiger partial charge in [-0.2, -0.15) is 4.99 Å². The third-order valence-electron chi connectivity index (χ3n) is 4.96. The van der Waals surface area contributed by atoms with E-state index in [1.807, 2.05) is 72.2 Å². The van der Waals surface area contributed by atoms with Gasteiger partial charge >= 0.3 is 0 Å². The third kappa shape index (κ3) is 5.31. The number of amides is 1. The number of benzene rings is 3. The molecule has 3 aromatic carbocycles. The molecule has 0 saturated carbocycles. The van der Waals surface area contributed by atoms with E-state index in [4.69, 9.17) is 16.3 Å². The highest BCUT2D eigenvalue weighted by molar-refractivity contribution is 7.16. The lowest BCUT2D eigenvalue weighted by molar-refractivity contribution is 0.0996. The van der Waals surface area contributed by atoms with Gasteiger partial charge in [0.2, 0.25) is 0 Å². The minimum Gasteiger partial charge on any atom is -0.380 e. The molecule has 1 amide bonds. The lowest BCUT2D eigenvalue weighted by Gasteiger charge is -2.05. The number of nitrogens with zero attached hydrogens (tertiary/aromatic N) is 2. The van der Waals surface area contributed by atoms with Crippen molar-refractivity contribution in [2.24, 2.45) is 4.99 Å². The predicted molar refractivity (Wildman–Crippen MR) is 127 cm³/mol. The van der Waals surface area contributed by atoms with Gasteiger partial charge in [-0.15, -0.1) is 0 Å². The van der Waals surface area contributed by atoms with Crippen molar-refractivity contribution in [2.75, 3.05) is 13.2 Å². The van der Waals surface area contributed by atoms with Crippen LogP contribution >= 0.6 is 22.9 Å². The Morgan fingerprint density at radius 1 is 1.03 bits per heavy atom. The van der Waals surface area contributed by atoms with Gasteiger partial charge in [-0.3, -0.25) is 4.79 Å². The topological polar surface area (TPSA) is 43.6 Å². The largest absolute Gasteiger partial charge is 0.380 e. The van der Waals surface area contributed by atoms with Crippen LogP contribution in [0.15, 0.2) is 77.8 Å². The molecule has 31 heavy (non-hydrogen) atoms. The Morgan fingerprint density at radius 2 is 1.77 bits per heavy atom. The van der Waals surface area contributed by atoms with Crippen LogP contribution in [0.2, 0.25) is 5.02 Å². The molecule has 0 unspecified atom stereocenters. The molecule has 0 aliphatic carbocycles. The normalized spacial score (nSPS) is 11.9. The van der Waals surface area contributed by atoms with Crippen molar-refractivity contribution >= 4 is 39.1 Å². The van der Waals surface area contributed by atoms with E-state index >= 15 is 0 Å². The van der Waals surface area contributed by atoms with Crippen molar-refractivity contribution in [1.29, 1.82) is 0 Å². The molecule has 4 nitrogen and oxygen atoms in total. The molecule has 0 aliphatic rings. The van der Waals surface area contributed by atoms with Crippen molar-refractivity contribution in [3.05, 3.63) is 99.3 Å². The smallest absolute Gasteiger partial charge is 0.279 e. The fourth-order valence-electron chi connectivity index (χ4n) is 3.40. The van der Waals surface area contributed by atoms with Crippen LogP contribution in [0, 0.1) is 0 Å². The maximum absolute atomic E-state index is 12.9. The fourth-order valence-corrected chi connectivity index (χ4v) is 4.73. The number of fused-ring (bicyclic) bond motifs is 1. The van der Waals surface area contributed by atoms with E-state index in [0.717, 1.165) is 22.2 Å². The molecule has 4 rings (SSSR count). The zero-order chi connectivity index (χ0) is 21.6. The molecule has 0 atom stereocenters. The molecule has 0 saturated heterocycles. The molecule has 0 fully saturated rings. The van der Waals surface area contributed by atoms with Crippen LogP contribution in [0.3, 0.4) is 0 Å². The maximum Gasteiger partial charge on any atom is 0.279 e. The Labute approximate surface area is 190 Å². The zero-order valence-corrected chi connectivity index (χ0v) is 18.8. The summed E-state index contributed by atoms with van der Waals surface area (Å²) in [7, 11) is 0.